The van der Waals surface area contributed by atoms with E-state index in [1.165, 1.54) is 24.0 Å². The van der Waals surface area contributed by atoms with Crippen molar-refractivity contribution in [1.82, 2.24) is 0 Å². The van der Waals surface area contributed by atoms with Crippen molar-refractivity contribution in [3.05, 3.63) is 35.4 Å². The van der Waals surface area contributed by atoms with Crippen LogP contribution in [0, 0.1) is 12.8 Å². The minimum absolute atomic E-state index is 0.673. The third-order valence-electron chi connectivity index (χ3n) is 2.79. The first kappa shape index (κ1) is 12.8. The van der Waals surface area contributed by atoms with Gasteiger partial charge in [0.15, 0.2) is 0 Å². The summed E-state index contributed by atoms with van der Waals surface area (Å²) in [5, 5.41) is 1.07. The van der Waals surface area contributed by atoms with Crippen LogP contribution in [0.5, 0.6) is 0 Å². The summed E-state index contributed by atoms with van der Waals surface area (Å²) in [6.07, 6.45) is 2.59. The highest BCUT2D eigenvalue weighted by molar-refractivity contribution is 9.09. The summed E-state index contributed by atoms with van der Waals surface area (Å²) in [6.45, 7) is 6.75. The molecule has 0 saturated carbocycles. The molecule has 0 nitrogen and oxygen atoms in total. The minimum atomic E-state index is 0.673. The molecule has 0 N–H and O–H groups in total. The Labute approximate surface area is 102 Å². The lowest BCUT2D eigenvalue weighted by atomic mass is 9.92. The van der Waals surface area contributed by atoms with Crippen molar-refractivity contribution in [2.75, 3.05) is 5.33 Å². The fraction of sp³-hybridized carbons (Fsp3) is 0.571. The van der Waals surface area contributed by atoms with Gasteiger partial charge in [-0.2, -0.15) is 0 Å². The molecule has 84 valence electrons. The molecule has 1 atom stereocenters. The molecule has 15 heavy (non-hydrogen) atoms. The number of benzene rings is 1. The van der Waals surface area contributed by atoms with Gasteiger partial charge in [0, 0.05) is 5.33 Å². The molecule has 0 aromatic heterocycles. The first-order chi connectivity index (χ1) is 7.13. The maximum Gasteiger partial charge on any atom is 0.0100 e. The average molecular weight is 269 g/mol. The van der Waals surface area contributed by atoms with Gasteiger partial charge < -0.3 is 0 Å². The minimum Gasteiger partial charge on any atom is -0.0921 e. The van der Waals surface area contributed by atoms with E-state index >= 15 is 0 Å². The number of rotatable bonds is 5. The van der Waals surface area contributed by atoms with Gasteiger partial charge in [0.2, 0.25) is 0 Å². The van der Waals surface area contributed by atoms with Crippen LogP contribution in [0.1, 0.15) is 43.7 Å². The van der Waals surface area contributed by atoms with Gasteiger partial charge >= 0.3 is 0 Å². The molecule has 0 aliphatic rings. The van der Waals surface area contributed by atoms with Crippen molar-refractivity contribution in [2.24, 2.45) is 5.92 Å². The topological polar surface area (TPSA) is 0 Å². The molecule has 1 unspecified atom stereocenters. The lowest BCUT2D eigenvalue weighted by molar-refractivity contribution is 0.521. The molecule has 0 radical (unpaired) electrons. The lowest BCUT2D eigenvalue weighted by Gasteiger charge is -2.16. The highest BCUT2D eigenvalue weighted by atomic mass is 79.9. The van der Waals surface area contributed by atoms with Gasteiger partial charge in [-0.05, 0) is 30.7 Å². The second kappa shape index (κ2) is 6.32. The van der Waals surface area contributed by atoms with E-state index in [1.54, 1.807) is 0 Å². The summed E-state index contributed by atoms with van der Waals surface area (Å²) in [7, 11) is 0. The Morgan fingerprint density at radius 2 is 1.93 bits per heavy atom. The number of hydrogen-bond acceptors (Lipinski definition) is 0. The van der Waals surface area contributed by atoms with Gasteiger partial charge in [0.1, 0.15) is 0 Å². The molecule has 0 amide bonds. The van der Waals surface area contributed by atoms with Crippen molar-refractivity contribution in [1.29, 1.82) is 0 Å². The summed E-state index contributed by atoms with van der Waals surface area (Å²) in [4.78, 5) is 0. The Kier molecular flexibility index (Phi) is 5.38. The molecule has 0 fully saturated rings. The summed E-state index contributed by atoms with van der Waals surface area (Å²) in [5.74, 6) is 1.48. The summed E-state index contributed by atoms with van der Waals surface area (Å²) in [6, 6.07) is 8.89. The Morgan fingerprint density at radius 1 is 1.20 bits per heavy atom. The summed E-state index contributed by atoms with van der Waals surface area (Å²) < 4.78 is 0. The molecule has 1 rings (SSSR count). The van der Waals surface area contributed by atoms with Crippen LogP contribution in [0.4, 0.5) is 0 Å². The van der Waals surface area contributed by atoms with Crippen molar-refractivity contribution < 1.29 is 0 Å². The second-order valence-electron chi connectivity index (χ2n) is 4.74. The fourth-order valence-electron chi connectivity index (χ4n) is 1.79. The fourth-order valence-corrected chi connectivity index (χ4v) is 2.49. The number of alkyl halides is 1. The van der Waals surface area contributed by atoms with E-state index in [0.29, 0.717) is 5.92 Å². The van der Waals surface area contributed by atoms with E-state index in [1.807, 2.05) is 0 Å². The molecule has 1 aromatic rings. The third-order valence-corrected chi connectivity index (χ3v) is 3.57. The van der Waals surface area contributed by atoms with Gasteiger partial charge in [-0.25, -0.2) is 0 Å². The molecule has 0 saturated heterocycles. The van der Waals surface area contributed by atoms with Gasteiger partial charge in [-0.3, -0.25) is 0 Å². The standard InChI is InChI=1S/C14H21Br/c1-11(2)7-8-14(10-15)13-6-4-5-12(3)9-13/h4-6,9,11,14H,7-8,10H2,1-3H3. The van der Waals surface area contributed by atoms with E-state index in [-0.39, 0.29) is 0 Å². The molecule has 0 aliphatic carbocycles. The Morgan fingerprint density at radius 3 is 2.47 bits per heavy atom. The maximum absolute atomic E-state index is 3.63. The second-order valence-corrected chi connectivity index (χ2v) is 5.38. The van der Waals surface area contributed by atoms with Crippen LogP contribution in [0.25, 0.3) is 0 Å². The van der Waals surface area contributed by atoms with Crippen LogP contribution in [0.2, 0.25) is 0 Å². The predicted molar refractivity (Wildman–Crippen MR) is 71.8 cm³/mol. The van der Waals surface area contributed by atoms with E-state index in [9.17, 15) is 0 Å². The molecule has 1 heteroatoms. The first-order valence-electron chi connectivity index (χ1n) is 5.76. The predicted octanol–water partition coefficient (Wildman–Crippen LogP) is 4.91. The van der Waals surface area contributed by atoms with E-state index in [4.69, 9.17) is 0 Å². The van der Waals surface area contributed by atoms with Gasteiger partial charge in [-0.1, -0.05) is 66.0 Å². The van der Waals surface area contributed by atoms with Crippen LogP contribution in [0.15, 0.2) is 24.3 Å². The molecular formula is C14H21Br. The monoisotopic (exact) mass is 268 g/mol. The van der Waals surface area contributed by atoms with E-state index < -0.39 is 0 Å². The van der Waals surface area contributed by atoms with Gasteiger partial charge in [0.25, 0.3) is 0 Å². The zero-order chi connectivity index (χ0) is 11.3. The number of halogens is 1. The zero-order valence-electron chi connectivity index (χ0n) is 9.96. The quantitative estimate of drug-likeness (QED) is 0.666. The van der Waals surface area contributed by atoms with Crippen LogP contribution < -0.4 is 0 Å². The first-order valence-corrected chi connectivity index (χ1v) is 6.88. The Balaban J connectivity index is 2.65. The van der Waals surface area contributed by atoms with Crippen molar-refractivity contribution in [3.63, 3.8) is 0 Å². The average Bonchev–Trinajstić information content (AvgIpc) is 2.18. The highest BCUT2D eigenvalue weighted by Gasteiger charge is 2.10. The summed E-state index contributed by atoms with van der Waals surface area (Å²) in [5.41, 5.74) is 2.84. The number of aryl methyl sites for hydroxylation is 1. The van der Waals surface area contributed by atoms with E-state index in [2.05, 4.69) is 61.0 Å². The van der Waals surface area contributed by atoms with Gasteiger partial charge in [0.05, 0.1) is 0 Å². The summed E-state index contributed by atoms with van der Waals surface area (Å²) >= 11 is 3.63. The van der Waals surface area contributed by atoms with Crippen molar-refractivity contribution in [2.45, 2.75) is 39.5 Å². The normalized spacial score (nSPS) is 13.1. The Bertz CT molecular complexity index is 291. The van der Waals surface area contributed by atoms with Crippen molar-refractivity contribution >= 4 is 15.9 Å². The molecule has 0 heterocycles. The van der Waals surface area contributed by atoms with Crippen LogP contribution >= 0.6 is 15.9 Å². The maximum atomic E-state index is 3.63. The molecule has 1 aromatic carbocycles. The number of hydrogen-bond donors (Lipinski definition) is 0. The third kappa shape index (κ3) is 4.38. The highest BCUT2D eigenvalue weighted by Crippen LogP contribution is 2.25. The largest absolute Gasteiger partial charge is 0.0921 e. The molecule has 0 bridgehead atoms. The lowest BCUT2D eigenvalue weighted by Crippen LogP contribution is -2.02. The van der Waals surface area contributed by atoms with Crippen LogP contribution in [-0.2, 0) is 0 Å². The molecule has 0 spiro atoms. The zero-order valence-corrected chi connectivity index (χ0v) is 11.5. The SMILES string of the molecule is Cc1cccc(C(CBr)CCC(C)C)c1. The molecule has 0 aliphatic heterocycles. The molecular weight excluding hydrogens is 248 g/mol. The Hall–Kier alpha value is -0.300. The van der Waals surface area contributed by atoms with Crippen molar-refractivity contribution in [3.8, 4) is 0 Å². The van der Waals surface area contributed by atoms with Crippen LogP contribution in [0.3, 0.4) is 0 Å². The van der Waals surface area contributed by atoms with E-state index in [0.717, 1.165) is 11.2 Å². The smallest absolute Gasteiger partial charge is 0.0100 e. The van der Waals surface area contributed by atoms with Gasteiger partial charge in [-0.15, -0.1) is 0 Å². The van der Waals surface area contributed by atoms with Crippen LogP contribution in [-0.4, -0.2) is 5.33 Å².